The molecule has 0 saturated carbocycles. The van der Waals surface area contributed by atoms with Crippen molar-refractivity contribution in [3.8, 4) is 0 Å². The van der Waals surface area contributed by atoms with Gasteiger partial charge in [0.05, 0.1) is 32.0 Å². The van der Waals surface area contributed by atoms with Crippen LogP contribution in [0.25, 0.3) is 0 Å². The van der Waals surface area contributed by atoms with Crippen LogP contribution < -0.4 is 5.32 Å². The van der Waals surface area contributed by atoms with Gasteiger partial charge in [-0.1, -0.05) is 405 Å². The van der Waals surface area contributed by atoms with Crippen molar-refractivity contribution in [2.75, 3.05) is 19.8 Å². The highest BCUT2D eigenvalue weighted by molar-refractivity contribution is 5.76. The fourth-order valence-electron chi connectivity index (χ4n) is 14.5. The third kappa shape index (κ3) is 50.7. The molecule has 0 aromatic rings. The Kier molecular flexibility index (Phi) is 64.2. The van der Waals surface area contributed by atoms with Crippen molar-refractivity contribution in [2.45, 2.75) is 492 Å². The SMILES string of the molecule is CCCCCCCCCCCCCCCCCCCCCCCCCCCCCCC/C=C/C(O)C(COC1OC(CO)C(OC2OC(CO)C(O)C(O)C2O)C(O)C1O)NC(=O)CCCCCCCCCCCCCCCCCCCCCCCCCCCCCCCCCC. The summed E-state index contributed by atoms with van der Waals surface area (Å²) >= 11 is 0. The first-order chi connectivity index (χ1) is 47.6. The van der Waals surface area contributed by atoms with Crippen molar-refractivity contribution in [1.82, 2.24) is 5.32 Å². The molecule has 0 bridgehead atoms. The van der Waals surface area contributed by atoms with Gasteiger partial charge in [0.1, 0.15) is 48.8 Å². The maximum atomic E-state index is 13.4. The molecule has 12 unspecified atom stereocenters. The summed E-state index contributed by atoms with van der Waals surface area (Å²) < 4.78 is 23.0. The van der Waals surface area contributed by atoms with Crippen molar-refractivity contribution < 1.29 is 64.6 Å². The molecule has 2 fully saturated rings. The normalized spacial score (nSPS) is 22.1. The van der Waals surface area contributed by atoms with Crippen molar-refractivity contribution in [3.63, 3.8) is 0 Å². The number of amides is 1. The molecule has 2 saturated heterocycles. The summed E-state index contributed by atoms with van der Waals surface area (Å²) in [6.45, 7) is 2.89. The van der Waals surface area contributed by atoms with Crippen molar-refractivity contribution in [3.05, 3.63) is 12.2 Å². The Hall–Kier alpha value is -1.27. The quantitative estimate of drug-likeness (QED) is 0.0204. The molecule has 1 amide bonds. The van der Waals surface area contributed by atoms with Gasteiger partial charge in [0.2, 0.25) is 5.91 Å². The predicted octanol–water partition coefficient (Wildman–Crippen LogP) is 19.6. The van der Waals surface area contributed by atoms with Crippen LogP contribution in [0.5, 0.6) is 0 Å². The van der Waals surface area contributed by atoms with Crippen LogP contribution in [0.3, 0.4) is 0 Å². The van der Waals surface area contributed by atoms with Crippen molar-refractivity contribution >= 4 is 5.91 Å². The second-order valence-corrected chi connectivity index (χ2v) is 30.3. The average molecular weight is 1380 g/mol. The smallest absolute Gasteiger partial charge is 0.220 e. The molecule has 0 spiro atoms. The molecule has 0 aliphatic carbocycles. The Morgan fingerprint density at radius 3 is 0.948 bits per heavy atom. The van der Waals surface area contributed by atoms with E-state index in [-0.39, 0.29) is 18.9 Å². The molecule has 9 N–H and O–H groups in total. The molecule has 2 rings (SSSR count). The molecular weight excluding hydrogens is 1220 g/mol. The molecule has 576 valence electrons. The lowest BCUT2D eigenvalue weighted by Gasteiger charge is -2.46. The lowest BCUT2D eigenvalue weighted by Crippen LogP contribution is -2.65. The first kappa shape index (κ1) is 91.8. The van der Waals surface area contributed by atoms with E-state index in [1.54, 1.807) is 6.08 Å². The van der Waals surface area contributed by atoms with Gasteiger partial charge < -0.3 is 65.1 Å². The second kappa shape index (κ2) is 67.9. The molecule has 12 atom stereocenters. The van der Waals surface area contributed by atoms with Crippen LogP contribution in [-0.2, 0) is 23.7 Å². The molecule has 14 heteroatoms. The number of carbonyl (C=O) groups is 1. The Morgan fingerprint density at radius 2 is 0.639 bits per heavy atom. The molecule has 97 heavy (non-hydrogen) atoms. The number of carbonyl (C=O) groups excluding carboxylic acids is 1. The average Bonchev–Trinajstić information content (AvgIpc) is 0.794. The van der Waals surface area contributed by atoms with Crippen LogP contribution in [0.2, 0.25) is 0 Å². The fraction of sp³-hybridized carbons (Fsp3) is 0.964. The van der Waals surface area contributed by atoms with E-state index in [2.05, 4.69) is 19.2 Å². The van der Waals surface area contributed by atoms with Gasteiger partial charge in [-0.25, -0.2) is 0 Å². The Balaban J connectivity index is 1.59. The third-order valence-electron chi connectivity index (χ3n) is 21.2. The van der Waals surface area contributed by atoms with E-state index in [0.29, 0.717) is 0 Å². The number of allylic oxidation sites excluding steroid dienone is 1. The fourth-order valence-corrected chi connectivity index (χ4v) is 14.5. The van der Waals surface area contributed by atoms with Crippen LogP contribution in [0.1, 0.15) is 418 Å². The Morgan fingerprint density at radius 1 is 0.361 bits per heavy atom. The number of hydrogen-bond donors (Lipinski definition) is 9. The highest BCUT2D eigenvalue weighted by atomic mass is 16.7. The summed E-state index contributed by atoms with van der Waals surface area (Å²) in [5, 5.41) is 87.8. The second-order valence-electron chi connectivity index (χ2n) is 30.3. The molecule has 2 aliphatic rings. The molecular formula is C83H161NO13. The summed E-state index contributed by atoms with van der Waals surface area (Å²) in [6, 6.07) is -0.913. The van der Waals surface area contributed by atoms with Gasteiger partial charge >= 0.3 is 0 Å². The van der Waals surface area contributed by atoms with Crippen LogP contribution >= 0.6 is 0 Å². The van der Waals surface area contributed by atoms with Crippen LogP contribution in [0, 0.1) is 0 Å². The number of rotatable bonds is 73. The summed E-state index contributed by atoms with van der Waals surface area (Å²) in [7, 11) is 0. The van der Waals surface area contributed by atoms with E-state index in [1.807, 2.05) is 6.08 Å². The van der Waals surface area contributed by atoms with Gasteiger partial charge in [-0.05, 0) is 19.3 Å². The zero-order valence-electron chi connectivity index (χ0n) is 63.4. The summed E-state index contributed by atoms with van der Waals surface area (Å²) in [6.07, 6.45) is 70.3. The number of hydrogen-bond acceptors (Lipinski definition) is 13. The molecule has 0 aromatic carbocycles. The van der Waals surface area contributed by atoms with Crippen LogP contribution in [-0.4, -0.2) is 140 Å². The summed E-state index contributed by atoms with van der Waals surface area (Å²) in [5.74, 6) is -0.228. The topological polar surface area (TPSA) is 228 Å². The number of nitrogens with one attached hydrogen (secondary N) is 1. The number of aliphatic hydroxyl groups excluding tert-OH is 8. The molecule has 2 heterocycles. The van der Waals surface area contributed by atoms with Crippen LogP contribution in [0.4, 0.5) is 0 Å². The first-order valence-electron chi connectivity index (χ1n) is 42.4. The minimum absolute atomic E-state index is 0.228. The van der Waals surface area contributed by atoms with E-state index in [4.69, 9.17) is 18.9 Å². The zero-order chi connectivity index (χ0) is 70.1. The van der Waals surface area contributed by atoms with Crippen LogP contribution in [0.15, 0.2) is 12.2 Å². The Bertz CT molecular complexity index is 1680. The van der Waals surface area contributed by atoms with Gasteiger partial charge in [-0.3, -0.25) is 4.79 Å². The monoisotopic (exact) mass is 1380 g/mol. The predicted molar refractivity (Wildman–Crippen MR) is 402 cm³/mol. The largest absolute Gasteiger partial charge is 0.394 e. The minimum Gasteiger partial charge on any atom is -0.394 e. The van der Waals surface area contributed by atoms with Crippen molar-refractivity contribution in [2.24, 2.45) is 0 Å². The van der Waals surface area contributed by atoms with E-state index < -0.39 is 86.8 Å². The molecule has 0 aromatic heterocycles. The molecule has 0 radical (unpaired) electrons. The number of unbranched alkanes of at least 4 members (excludes halogenated alkanes) is 60. The van der Waals surface area contributed by atoms with Gasteiger partial charge in [0, 0.05) is 6.42 Å². The van der Waals surface area contributed by atoms with E-state index in [1.165, 1.54) is 353 Å². The standard InChI is InChI=1S/C83H161NO13/c1-3-5-7-9-11-13-15-17-19-21-23-25-27-29-31-33-35-37-39-41-43-45-47-49-51-53-55-57-59-61-63-65-67-75(88)84-71(70-94-82-80(93)78(91)81(74(69-86)96-82)97-83-79(92)77(90)76(89)73(68-85)95-83)72(87)66-64-62-60-58-56-54-52-50-48-46-44-42-40-38-36-34-32-30-28-26-24-22-20-18-16-14-12-10-8-6-4-2/h64,66,71-74,76-83,85-87,89-93H,3-63,65,67-70H2,1-2H3,(H,84,88)/b66-64+. The zero-order valence-corrected chi connectivity index (χ0v) is 63.4. The Labute approximate surface area is 596 Å². The van der Waals surface area contributed by atoms with Gasteiger partial charge in [-0.15, -0.1) is 0 Å². The first-order valence-corrected chi connectivity index (χ1v) is 42.4. The highest BCUT2D eigenvalue weighted by Crippen LogP contribution is 2.31. The number of ether oxygens (including phenoxy) is 4. The molecule has 14 nitrogen and oxygen atoms in total. The van der Waals surface area contributed by atoms with E-state index >= 15 is 0 Å². The number of aliphatic hydroxyl groups is 8. The summed E-state index contributed by atoms with van der Waals surface area (Å²) in [5.41, 5.74) is 0. The summed E-state index contributed by atoms with van der Waals surface area (Å²) in [4.78, 5) is 13.4. The lowest BCUT2D eigenvalue weighted by atomic mass is 9.97. The lowest BCUT2D eigenvalue weighted by molar-refractivity contribution is -0.359. The van der Waals surface area contributed by atoms with Gasteiger partial charge in [-0.2, -0.15) is 0 Å². The maximum Gasteiger partial charge on any atom is 0.220 e. The highest BCUT2D eigenvalue weighted by Gasteiger charge is 2.51. The van der Waals surface area contributed by atoms with Gasteiger partial charge in [0.25, 0.3) is 0 Å². The van der Waals surface area contributed by atoms with E-state index in [9.17, 15) is 45.6 Å². The maximum absolute atomic E-state index is 13.4. The van der Waals surface area contributed by atoms with Gasteiger partial charge in [0.15, 0.2) is 12.6 Å². The third-order valence-corrected chi connectivity index (χ3v) is 21.2. The minimum atomic E-state index is -1.79. The van der Waals surface area contributed by atoms with Crippen molar-refractivity contribution in [1.29, 1.82) is 0 Å². The van der Waals surface area contributed by atoms with E-state index in [0.717, 1.165) is 44.9 Å². The molecule has 2 aliphatic heterocycles.